The van der Waals surface area contributed by atoms with E-state index >= 15 is 0 Å². The maximum Gasteiger partial charge on any atom is 0.323 e. The fraction of sp³-hybridized carbons (Fsp3) is 0.769. The van der Waals surface area contributed by atoms with Gasteiger partial charge in [-0.05, 0) is 26.2 Å². The Labute approximate surface area is 120 Å². The smallest absolute Gasteiger partial charge is 0.323 e. The minimum atomic E-state index is -0.813. The first-order valence-corrected chi connectivity index (χ1v) is 6.89. The van der Waals surface area contributed by atoms with Gasteiger partial charge >= 0.3 is 6.01 Å². The largest absolute Gasteiger partial charge is 0.464 e. The molecule has 114 valence electrons. The summed E-state index contributed by atoms with van der Waals surface area (Å²) in [6, 6.07) is 0.262. The second kappa shape index (κ2) is 7.23. The van der Waals surface area contributed by atoms with Crippen LogP contribution < -0.4 is 15.4 Å². The number of hydrogen-bond donors (Lipinski definition) is 3. The van der Waals surface area contributed by atoms with Crippen molar-refractivity contribution in [1.29, 1.82) is 0 Å². The second-order valence-electron chi connectivity index (χ2n) is 5.40. The summed E-state index contributed by atoms with van der Waals surface area (Å²) >= 11 is 0. The average Bonchev–Trinajstić information content (AvgIpc) is 2.35. The summed E-state index contributed by atoms with van der Waals surface area (Å²) in [4.78, 5) is 12.4. The predicted octanol–water partition coefficient (Wildman–Crippen LogP) is 1.52. The number of hydrogen-bond acceptors (Lipinski definition) is 7. The fourth-order valence-electron chi connectivity index (χ4n) is 1.96. The fourth-order valence-corrected chi connectivity index (χ4v) is 1.96. The van der Waals surface area contributed by atoms with E-state index in [9.17, 15) is 5.11 Å². The van der Waals surface area contributed by atoms with Gasteiger partial charge in [0.25, 0.3) is 0 Å². The van der Waals surface area contributed by atoms with E-state index in [1.165, 1.54) is 0 Å². The number of ether oxygens (including phenoxy) is 1. The molecule has 3 N–H and O–H groups in total. The van der Waals surface area contributed by atoms with Crippen LogP contribution in [0.3, 0.4) is 0 Å². The van der Waals surface area contributed by atoms with E-state index in [0.717, 1.165) is 0 Å². The summed E-state index contributed by atoms with van der Waals surface area (Å²) in [6.07, 6.45) is 0.697. The van der Waals surface area contributed by atoms with Crippen LogP contribution in [-0.2, 0) is 0 Å². The van der Waals surface area contributed by atoms with Gasteiger partial charge in [-0.2, -0.15) is 15.0 Å². The van der Waals surface area contributed by atoms with Crippen LogP contribution in [0.4, 0.5) is 11.9 Å². The first-order chi connectivity index (χ1) is 9.36. The van der Waals surface area contributed by atoms with Crippen molar-refractivity contribution in [2.45, 2.75) is 39.7 Å². The molecule has 0 bridgehead atoms. The summed E-state index contributed by atoms with van der Waals surface area (Å²) in [5.74, 6) is 1.23. The number of nitrogens with one attached hydrogen (secondary N) is 2. The molecule has 0 radical (unpaired) electrons. The first-order valence-electron chi connectivity index (χ1n) is 6.89. The van der Waals surface area contributed by atoms with Crippen molar-refractivity contribution in [3.05, 3.63) is 0 Å². The van der Waals surface area contributed by atoms with Crippen LogP contribution in [0.25, 0.3) is 0 Å². The van der Waals surface area contributed by atoms with Gasteiger partial charge in [0.1, 0.15) is 0 Å². The van der Waals surface area contributed by atoms with Crippen molar-refractivity contribution in [2.24, 2.45) is 5.92 Å². The van der Waals surface area contributed by atoms with Crippen molar-refractivity contribution in [1.82, 2.24) is 15.0 Å². The van der Waals surface area contributed by atoms with Gasteiger partial charge in [0.15, 0.2) is 0 Å². The van der Waals surface area contributed by atoms with Crippen molar-refractivity contribution >= 4 is 11.9 Å². The zero-order chi connectivity index (χ0) is 15.2. The Morgan fingerprint density at radius 1 is 1.25 bits per heavy atom. The Hall–Kier alpha value is -1.63. The normalized spacial score (nSPS) is 13.9. The lowest BCUT2D eigenvalue weighted by molar-refractivity contribution is 0.0513. The molecule has 0 amide bonds. The maximum absolute atomic E-state index is 10.3. The summed E-state index contributed by atoms with van der Waals surface area (Å²) < 4.78 is 5.28. The highest BCUT2D eigenvalue weighted by atomic mass is 16.5. The first kappa shape index (κ1) is 16.4. The quantitative estimate of drug-likeness (QED) is 0.666. The molecule has 0 aromatic carbocycles. The lowest BCUT2D eigenvalue weighted by Gasteiger charge is -2.25. The molecule has 1 unspecified atom stereocenters. The van der Waals surface area contributed by atoms with E-state index in [2.05, 4.69) is 39.4 Å². The van der Waals surface area contributed by atoms with Crippen LogP contribution in [0, 0.1) is 5.92 Å². The third-order valence-corrected chi connectivity index (χ3v) is 2.59. The minimum Gasteiger partial charge on any atom is -0.464 e. The molecule has 7 heteroatoms. The van der Waals surface area contributed by atoms with Crippen LogP contribution in [0.2, 0.25) is 0 Å². The van der Waals surface area contributed by atoms with E-state index in [0.29, 0.717) is 37.4 Å². The lowest BCUT2D eigenvalue weighted by atomic mass is 9.94. The highest BCUT2D eigenvalue weighted by Gasteiger charge is 2.22. The molecule has 0 spiro atoms. The van der Waals surface area contributed by atoms with Gasteiger partial charge in [-0.25, -0.2) is 0 Å². The average molecular weight is 283 g/mol. The summed E-state index contributed by atoms with van der Waals surface area (Å²) in [7, 11) is 1.73. The molecule has 1 heterocycles. The van der Waals surface area contributed by atoms with E-state index in [4.69, 9.17) is 4.74 Å². The number of nitrogens with zero attached hydrogens (tertiary/aromatic N) is 3. The monoisotopic (exact) mass is 283 g/mol. The molecule has 1 rings (SSSR count). The molecular weight excluding hydrogens is 258 g/mol. The van der Waals surface area contributed by atoms with Gasteiger partial charge in [-0.1, -0.05) is 13.8 Å². The second-order valence-corrected chi connectivity index (χ2v) is 5.40. The zero-order valence-corrected chi connectivity index (χ0v) is 12.9. The van der Waals surface area contributed by atoms with Gasteiger partial charge in [-0.15, -0.1) is 0 Å². The standard InChI is InChI=1S/C13H25N5O2/c1-6-20-12-17-10(14-5)16-11(18-12)15-8-13(4,19)7-9(2)3/h9,19H,6-8H2,1-5H3,(H2,14,15,16,17,18). The van der Waals surface area contributed by atoms with Crippen LogP contribution in [0.15, 0.2) is 0 Å². The van der Waals surface area contributed by atoms with Crippen LogP contribution in [-0.4, -0.2) is 45.9 Å². The molecule has 1 aromatic heterocycles. The Morgan fingerprint density at radius 2 is 1.90 bits per heavy atom. The lowest BCUT2D eigenvalue weighted by Crippen LogP contribution is -2.35. The molecule has 1 aromatic rings. The molecular formula is C13H25N5O2. The van der Waals surface area contributed by atoms with Gasteiger partial charge in [0, 0.05) is 13.6 Å². The van der Waals surface area contributed by atoms with Crippen molar-refractivity contribution in [3.63, 3.8) is 0 Å². The third kappa shape index (κ3) is 5.56. The third-order valence-electron chi connectivity index (χ3n) is 2.59. The van der Waals surface area contributed by atoms with Gasteiger partial charge in [-0.3, -0.25) is 0 Å². The van der Waals surface area contributed by atoms with E-state index in [1.54, 1.807) is 14.0 Å². The van der Waals surface area contributed by atoms with Gasteiger partial charge in [0.2, 0.25) is 11.9 Å². The van der Waals surface area contributed by atoms with E-state index in [-0.39, 0.29) is 6.01 Å². The molecule has 0 saturated carbocycles. The van der Waals surface area contributed by atoms with Gasteiger partial charge in [0.05, 0.1) is 12.2 Å². The Balaban J connectivity index is 2.73. The molecule has 0 fully saturated rings. The summed E-state index contributed by atoms with van der Waals surface area (Å²) in [6.45, 7) is 8.65. The van der Waals surface area contributed by atoms with Crippen molar-refractivity contribution < 1.29 is 9.84 Å². The number of rotatable bonds is 8. The number of anilines is 2. The Morgan fingerprint density at radius 3 is 2.45 bits per heavy atom. The van der Waals surface area contributed by atoms with Crippen LogP contribution in [0.1, 0.15) is 34.1 Å². The predicted molar refractivity (Wildman–Crippen MR) is 79.1 cm³/mol. The van der Waals surface area contributed by atoms with E-state index in [1.807, 2.05) is 6.92 Å². The Bertz CT molecular complexity index is 423. The van der Waals surface area contributed by atoms with E-state index < -0.39 is 5.60 Å². The summed E-state index contributed by atoms with van der Waals surface area (Å²) in [5, 5.41) is 16.1. The highest BCUT2D eigenvalue weighted by Crippen LogP contribution is 2.17. The Kier molecular flexibility index (Phi) is 5.94. The SMILES string of the molecule is CCOc1nc(NC)nc(NCC(C)(O)CC(C)C)n1. The topological polar surface area (TPSA) is 92.2 Å². The zero-order valence-electron chi connectivity index (χ0n) is 12.9. The number of aromatic nitrogens is 3. The van der Waals surface area contributed by atoms with Gasteiger partial charge < -0.3 is 20.5 Å². The molecule has 20 heavy (non-hydrogen) atoms. The maximum atomic E-state index is 10.3. The molecule has 0 aliphatic carbocycles. The highest BCUT2D eigenvalue weighted by molar-refractivity contribution is 5.35. The number of aliphatic hydroxyl groups is 1. The van der Waals surface area contributed by atoms with Crippen molar-refractivity contribution in [2.75, 3.05) is 30.8 Å². The molecule has 0 saturated heterocycles. The molecule has 0 aliphatic rings. The molecule has 7 nitrogen and oxygen atoms in total. The minimum absolute atomic E-state index is 0.262. The van der Waals surface area contributed by atoms with Crippen LogP contribution in [0.5, 0.6) is 6.01 Å². The summed E-state index contributed by atoms with van der Waals surface area (Å²) in [5.41, 5.74) is -0.813. The van der Waals surface area contributed by atoms with Crippen LogP contribution >= 0.6 is 0 Å². The molecule has 0 aliphatic heterocycles. The van der Waals surface area contributed by atoms with Crippen molar-refractivity contribution in [3.8, 4) is 6.01 Å². The molecule has 1 atom stereocenters.